The predicted molar refractivity (Wildman–Crippen MR) is 118 cm³/mol. The lowest BCUT2D eigenvalue weighted by Gasteiger charge is -2.25. The molecule has 0 fully saturated rings. The summed E-state index contributed by atoms with van der Waals surface area (Å²) in [7, 11) is 0. The average Bonchev–Trinajstić information content (AvgIpc) is 3.02. The molecular formula is C23H23N3O7. The van der Waals surface area contributed by atoms with E-state index in [4.69, 9.17) is 4.74 Å². The van der Waals surface area contributed by atoms with Crippen LogP contribution in [-0.2, 0) is 14.3 Å². The van der Waals surface area contributed by atoms with E-state index in [2.05, 4.69) is 5.32 Å². The van der Waals surface area contributed by atoms with Crippen molar-refractivity contribution in [3.8, 4) is 0 Å². The van der Waals surface area contributed by atoms with Crippen LogP contribution >= 0.6 is 0 Å². The van der Waals surface area contributed by atoms with Crippen molar-refractivity contribution in [1.29, 1.82) is 0 Å². The Hall–Kier alpha value is -4.08. The number of benzene rings is 2. The number of carbonyl (C=O) groups is 4. The highest BCUT2D eigenvalue weighted by Gasteiger charge is 2.43. The molecule has 10 heteroatoms. The molecule has 1 aliphatic heterocycles. The van der Waals surface area contributed by atoms with Crippen LogP contribution in [0.3, 0.4) is 0 Å². The standard InChI is InChI=1S/C23H23N3O7/c1-13(2)10-19(25-21(28)16-6-4-5-7-17(16)22(25)29)23(30)33-12-20(27)24-15-9-8-14(3)18(11-15)26(31)32/h4-9,11,13,19H,10,12H2,1-3H3,(H,24,27). The summed E-state index contributed by atoms with van der Waals surface area (Å²) >= 11 is 0. The molecule has 2 aromatic rings. The zero-order chi connectivity index (χ0) is 24.3. The van der Waals surface area contributed by atoms with E-state index in [1.807, 2.05) is 13.8 Å². The van der Waals surface area contributed by atoms with Crippen LogP contribution in [0, 0.1) is 23.0 Å². The Morgan fingerprint density at radius 3 is 2.24 bits per heavy atom. The maximum Gasteiger partial charge on any atom is 0.329 e. The third-order valence-corrected chi connectivity index (χ3v) is 5.14. The summed E-state index contributed by atoms with van der Waals surface area (Å²) in [6.07, 6.45) is 0.163. The summed E-state index contributed by atoms with van der Waals surface area (Å²) in [6.45, 7) is 4.54. The number of nitrogens with one attached hydrogen (secondary N) is 1. The molecule has 0 aliphatic carbocycles. The van der Waals surface area contributed by atoms with Crippen molar-refractivity contribution in [2.24, 2.45) is 5.92 Å². The minimum Gasteiger partial charge on any atom is -0.454 e. The molecule has 0 saturated heterocycles. The SMILES string of the molecule is Cc1ccc(NC(=O)COC(=O)C(CC(C)C)N2C(=O)c3ccccc3C2=O)cc1[N+](=O)[O-]. The molecule has 1 N–H and O–H groups in total. The highest BCUT2D eigenvalue weighted by Crippen LogP contribution is 2.27. The molecule has 33 heavy (non-hydrogen) atoms. The third-order valence-electron chi connectivity index (χ3n) is 5.14. The van der Waals surface area contributed by atoms with Gasteiger partial charge in [0.15, 0.2) is 6.61 Å². The van der Waals surface area contributed by atoms with Crippen molar-refractivity contribution in [2.45, 2.75) is 33.2 Å². The molecule has 10 nitrogen and oxygen atoms in total. The molecular weight excluding hydrogens is 430 g/mol. The second-order valence-corrected chi connectivity index (χ2v) is 8.09. The van der Waals surface area contributed by atoms with Gasteiger partial charge in [-0.25, -0.2) is 4.79 Å². The quantitative estimate of drug-likeness (QED) is 0.281. The minimum absolute atomic E-state index is 0.0474. The largest absolute Gasteiger partial charge is 0.454 e. The molecule has 0 aromatic heterocycles. The summed E-state index contributed by atoms with van der Waals surface area (Å²) in [6, 6.07) is 9.28. The number of ether oxygens (including phenoxy) is 1. The Kier molecular flexibility index (Phi) is 6.86. The van der Waals surface area contributed by atoms with Crippen LogP contribution in [0.5, 0.6) is 0 Å². The van der Waals surface area contributed by atoms with Gasteiger partial charge in [-0.1, -0.05) is 32.0 Å². The number of hydrogen-bond donors (Lipinski definition) is 1. The van der Waals surface area contributed by atoms with Crippen molar-refractivity contribution >= 4 is 35.1 Å². The fourth-order valence-corrected chi connectivity index (χ4v) is 3.56. The summed E-state index contributed by atoms with van der Waals surface area (Å²) in [5, 5.41) is 13.5. The van der Waals surface area contributed by atoms with Gasteiger partial charge in [0.1, 0.15) is 6.04 Å². The van der Waals surface area contributed by atoms with E-state index < -0.39 is 41.3 Å². The Labute approximate surface area is 189 Å². The fraction of sp³-hybridized carbons (Fsp3) is 0.304. The number of nitro groups is 1. The van der Waals surface area contributed by atoms with Crippen molar-refractivity contribution in [1.82, 2.24) is 4.90 Å². The van der Waals surface area contributed by atoms with Crippen molar-refractivity contribution < 1.29 is 28.8 Å². The molecule has 1 heterocycles. The molecule has 0 spiro atoms. The zero-order valence-corrected chi connectivity index (χ0v) is 18.4. The Balaban J connectivity index is 1.70. The Morgan fingerprint density at radius 2 is 1.70 bits per heavy atom. The van der Waals surface area contributed by atoms with Crippen LogP contribution in [0.15, 0.2) is 42.5 Å². The molecule has 172 valence electrons. The first-order valence-electron chi connectivity index (χ1n) is 10.3. The molecule has 2 aromatic carbocycles. The Bertz CT molecular complexity index is 1110. The maximum atomic E-state index is 12.8. The monoisotopic (exact) mass is 453 g/mol. The van der Waals surface area contributed by atoms with E-state index in [9.17, 15) is 29.3 Å². The molecule has 1 aliphatic rings. The lowest BCUT2D eigenvalue weighted by Crippen LogP contribution is -2.46. The summed E-state index contributed by atoms with van der Waals surface area (Å²) in [4.78, 5) is 62.0. The lowest BCUT2D eigenvalue weighted by atomic mass is 10.0. The normalized spacial score (nSPS) is 13.6. The average molecular weight is 453 g/mol. The van der Waals surface area contributed by atoms with Gasteiger partial charge in [0, 0.05) is 17.3 Å². The van der Waals surface area contributed by atoms with Crippen LogP contribution in [0.1, 0.15) is 46.5 Å². The van der Waals surface area contributed by atoms with Crippen molar-refractivity contribution in [3.63, 3.8) is 0 Å². The topological polar surface area (TPSA) is 136 Å². The van der Waals surface area contributed by atoms with Crippen LogP contribution in [0.4, 0.5) is 11.4 Å². The van der Waals surface area contributed by atoms with E-state index >= 15 is 0 Å². The summed E-state index contributed by atoms with van der Waals surface area (Å²) < 4.78 is 5.12. The maximum absolute atomic E-state index is 12.8. The number of nitro benzene ring substituents is 1. The van der Waals surface area contributed by atoms with E-state index in [-0.39, 0.29) is 34.8 Å². The number of aryl methyl sites for hydroxylation is 1. The van der Waals surface area contributed by atoms with E-state index in [0.29, 0.717) is 5.56 Å². The van der Waals surface area contributed by atoms with Gasteiger partial charge < -0.3 is 10.1 Å². The van der Waals surface area contributed by atoms with Gasteiger partial charge in [-0.15, -0.1) is 0 Å². The first-order chi connectivity index (χ1) is 15.6. The minimum atomic E-state index is -1.19. The van der Waals surface area contributed by atoms with Crippen LogP contribution in [0.25, 0.3) is 0 Å². The van der Waals surface area contributed by atoms with E-state index in [1.54, 1.807) is 19.1 Å². The molecule has 0 bridgehead atoms. The first-order valence-corrected chi connectivity index (χ1v) is 10.3. The molecule has 0 radical (unpaired) electrons. The second-order valence-electron chi connectivity index (χ2n) is 8.09. The highest BCUT2D eigenvalue weighted by atomic mass is 16.6. The predicted octanol–water partition coefficient (Wildman–Crippen LogP) is 3.10. The number of nitrogens with zero attached hydrogens (tertiary/aromatic N) is 2. The number of carbonyl (C=O) groups excluding carboxylic acids is 4. The third kappa shape index (κ3) is 5.05. The summed E-state index contributed by atoms with van der Waals surface area (Å²) in [5.41, 5.74) is 0.868. The number of anilines is 1. The van der Waals surface area contributed by atoms with Crippen molar-refractivity contribution in [3.05, 3.63) is 69.3 Å². The number of rotatable bonds is 8. The number of esters is 1. The van der Waals surface area contributed by atoms with Gasteiger partial charge in [0.05, 0.1) is 16.1 Å². The molecule has 1 atom stereocenters. The number of fused-ring (bicyclic) bond motifs is 1. The van der Waals surface area contributed by atoms with Crippen LogP contribution in [0.2, 0.25) is 0 Å². The van der Waals surface area contributed by atoms with E-state index in [0.717, 1.165) is 4.90 Å². The number of hydrogen-bond acceptors (Lipinski definition) is 7. The number of amides is 3. The zero-order valence-electron chi connectivity index (χ0n) is 18.4. The van der Waals surface area contributed by atoms with Crippen LogP contribution in [-0.4, -0.2) is 46.2 Å². The molecule has 0 saturated carbocycles. The molecule has 1 unspecified atom stereocenters. The van der Waals surface area contributed by atoms with Gasteiger partial charge in [-0.2, -0.15) is 0 Å². The van der Waals surface area contributed by atoms with Gasteiger partial charge in [0.25, 0.3) is 23.4 Å². The van der Waals surface area contributed by atoms with E-state index in [1.165, 1.54) is 30.3 Å². The second kappa shape index (κ2) is 9.60. The van der Waals surface area contributed by atoms with Crippen LogP contribution < -0.4 is 5.32 Å². The van der Waals surface area contributed by atoms with Gasteiger partial charge in [-0.05, 0) is 37.5 Å². The summed E-state index contributed by atoms with van der Waals surface area (Å²) in [5.74, 6) is -2.83. The Morgan fingerprint density at radius 1 is 1.09 bits per heavy atom. The van der Waals surface area contributed by atoms with Gasteiger partial charge >= 0.3 is 5.97 Å². The van der Waals surface area contributed by atoms with Gasteiger partial charge in [0.2, 0.25) is 0 Å². The molecule has 3 amide bonds. The van der Waals surface area contributed by atoms with Gasteiger partial charge in [-0.3, -0.25) is 29.4 Å². The smallest absolute Gasteiger partial charge is 0.329 e. The number of imide groups is 1. The lowest BCUT2D eigenvalue weighted by molar-refractivity contribution is -0.385. The molecule has 3 rings (SSSR count). The van der Waals surface area contributed by atoms with Crippen molar-refractivity contribution in [2.75, 3.05) is 11.9 Å². The fourth-order valence-electron chi connectivity index (χ4n) is 3.56. The highest BCUT2D eigenvalue weighted by molar-refractivity contribution is 6.22. The first kappa shape index (κ1) is 23.6.